The van der Waals surface area contributed by atoms with Gasteiger partial charge in [-0.3, -0.25) is 4.79 Å². The van der Waals surface area contributed by atoms with Crippen LogP contribution in [0.5, 0.6) is 5.75 Å². The predicted molar refractivity (Wildman–Crippen MR) is 89.3 cm³/mol. The second-order valence-electron chi connectivity index (χ2n) is 5.11. The highest BCUT2D eigenvalue weighted by Gasteiger charge is 2.28. The van der Waals surface area contributed by atoms with E-state index in [0.29, 0.717) is 12.5 Å². The molecule has 0 aromatic heterocycles. The normalized spacial score (nSPS) is 19.0. The molecule has 0 radical (unpaired) electrons. The summed E-state index contributed by atoms with van der Waals surface area (Å²) in [6.45, 7) is 4.29. The summed E-state index contributed by atoms with van der Waals surface area (Å²) in [7, 11) is 1.65. The van der Waals surface area contributed by atoms with E-state index < -0.39 is 0 Å². The van der Waals surface area contributed by atoms with E-state index in [1.807, 2.05) is 36.1 Å². The average Bonchev–Trinajstić information content (AvgIpc) is 2.96. The number of hydrogen-bond acceptors (Lipinski definition) is 4. The Hall–Kier alpha value is -0.910. The van der Waals surface area contributed by atoms with Gasteiger partial charge in [-0.05, 0) is 50.1 Å². The molecular formula is C15H23ClN2O2S. The lowest BCUT2D eigenvalue weighted by molar-refractivity contribution is -0.129. The summed E-state index contributed by atoms with van der Waals surface area (Å²) >= 11 is 1.59. The van der Waals surface area contributed by atoms with Gasteiger partial charge in [-0.1, -0.05) is 0 Å². The summed E-state index contributed by atoms with van der Waals surface area (Å²) < 4.78 is 5.13. The largest absolute Gasteiger partial charge is 0.497 e. The van der Waals surface area contributed by atoms with Crippen molar-refractivity contribution in [2.24, 2.45) is 11.7 Å². The first-order valence-corrected chi connectivity index (χ1v) is 7.81. The van der Waals surface area contributed by atoms with Crippen molar-refractivity contribution in [2.45, 2.75) is 23.5 Å². The smallest absolute Gasteiger partial charge is 0.235 e. The van der Waals surface area contributed by atoms with E-state index in [9.17, 15) is 4.79 Å². The van der Waals surface area contributed by atoms with E-state index in [0.717, 1.165) is 30.2 Å². The second-order valence-corrected chi connectivity index (χ2v) is 6.52. The van der Waals surface area contributed by atoms with Crippen molar-refractivity contribution >= 4 is 30.1 Å². The molecule has 0 saturated carbocycles. The van der Waals surface area contributed by atoms with Crippen LogP contribution in [-0.4, -0.2) is 42.8 Å². The highest BCUT2D eigenvalue weighted by atomic mass is 35.5. The number of methoxy groups -OCH3 is 1. The van der Waals surface area contributed by atoms with Crippen LogP contribution in [-0.2, 0) is 4.79 Å². The van der Waals surface area contributed by atoms with Crippen molar-refractivity contribution in [2.75, 3.05) is 26.7 Å². The topological polar surface area (TPSA) is 55.6 Å². The number of benzene rings is 1. The van der Waals surface area contributed by atoms with E-state index in [4.69, 9.17) is 10.5 Å². The van der Waals surface area contributed by atoms with E-state index in [1.165, 1.54) is 0 Å². The van der Waals surface area contributed by atoms with Crippen LogP contribution in [0.15, 0.2) is 29.2 Å². The fourth-order valence-electron chi connectivity index (χ4n) is 2.39. The summed E-state index contributed by atoms with van der Waals surface area (Å²) in [5, 5.41) is -0.0695. The first-order chi connectivity index (χ1) is 9.63. The first-order valence-electron chi connectivity index (χ1n) is 6.93. The molecule has 0 aliphatic carbocycles. The minimum atomic E-state index is -0.0695. The monoisotopic (exact) mass is 330 g/mol. The fraction of sp³-hybridized carbons (Fsp3) is 0.533. The quantitative estimate of drug-likeness (QED) is 0.842. The van der Waals surface area contributed by atoms with Gasteiger partial charge in [0.15, 0.2) is 0 Å². The molecule has 1 amide bonds. The Morgan fingerprint density at radius 2 is 2.14 bits per heavy atom. The highest BCUT2D eigenvalue weighted by Crippen LogP contribution is 2.27. The number of rotatable bonds is 5. The molecule has 1 aromatic rings. The Labute approximate surface area is 136 Å². The number of carbonyl (C=O) groups excluding carboxylic acids is 1. The Balaban J connectivity index is 0.00000220. The SMILES string of the molecule is COc1ccc(SC(C)C(=O)N2CCC(CN)C2)cc1.Cl. The van der Waals surface area contributed by atoms with Crippen molar-refractivity contribution in [1.82, 2.24) is 4.90 Å². The summed E-state index contributed by atoms with van der Waals surface area (Å²) in [5.41, 5.74) is 5.67. The Kier molecular flexibility index (Phi) is 7.35. The number of nitrogens with two attached hydrogens (primary N) is 1. The molecule has 1 saturated heterocycles. The van der Waals surface area contributed by atoms with Gasteiger partial charge in [-0.15, -0.1) is 24.2 Å². The zero-order valence-corrected chi connectivity index (χ0v) is 14.1. The Bertz CT molecular complexity index is 455. The fourth-order valence-corrected chi connectivity index (χ4v) is 3.34. The molecule has 2 N–H and O–H groups in total. The molecule has 1 aromatic carbocycles. The number of nitrogens with zero attached hydrogens (tertiary/aromatic N) is 1. The highest BCUT2D eigenvalue weighted by molar-refractivity contribution is 8.00. The molecular weight excluding hydrogens is 308 g/mol. The standard InChI is InChI=1S/C15H22N2O2S.ClH/c1-11(15(18)17-8-7-12(9-16)10-17)20-14-5-3-13(19-2)4-6-14;/h3-6,11-12H,7-10,16H2,1-2H3;1H. The lowest BCUT2D eigenvalue weighted by atomic mass is 10.1. The molecule has 118 valence electrons. The third kappa shape index (κ3) is 4.80. The third-order valence-corrected chi connectivity index (χ3v) is 4.75. The van der Waals surface area contributed by atoms with Gasteiger partial charge < -0.3 is 15.4 Å². The molecule has 0 bridgehead atoms. The molecule has 6 heteroatoms. The minimum absolute atomic E-state index is 0. The van der Waals surface area contributed by atoms with Gasteiger partial charge in [0.2, 0.25) is 5.91 Å². The average molecular weight is 331 g/mol. The van der Waals surface area contributed by atoms with Crippen molar-refractivity contribution < 1.29 is 9.53 Å². The van der Waals surface area contributed by atoms with Gasteiger partial charge in [-0.2, -0.15) is 0 Å². The van der Waals surface area contributed by atoms with Gasteiger partial charge in [0, 0.05) is 18.0 Å². The number of hydrogen-bond donors (Lipinski definition) is 1. The molecule has 1 aliphatic rings. The van der Waals surface area contributed by atoms with Crippen LogP contribution in [0.2, 0.25) is 0 Å². The lowest BCUT2D eigenvalue weighted by Gasteiger charge is -2.20. The number of likely N-dealkylation sites (tertiary alicyclic amines) is 1. The van der Waals surface area contributed by atoms with Crippen LogP contribution in [0.25, 0.3) is 0 Å². The number of halogens is 1. The van der Waals surface area contributed by atoms with Crippen molar-refractivity contribution in [1.29, 1.82) is 0 Å². The van der Waals surface area contributed by atoms with E-state index in [1.54, 1.807) is 18.9 Å². The van der Waals surface area contributed by atoms with Gasteiger partial charge in [0.25, 0.3) is 0 Å². The molecule has 0 spiro atoms. The molecule has 4 nitrogen and oxygen atoms in total. The van der Waals surface area contributed by atoms with Gasteiger partial charge >= 0.3 is 0 Å². The third-order valence-electron chi connectivity index (χ3n) is 3.65. The van der Waals surface area contributed by atoms with E-state index in [-0.39, 0.29) is 23.6 Å². The van der Waals surface area contributed by atoms with Crippen LogP contribution in [0.4, 0.5) is 0 Å². The summed E-state index contributed by atoms with van der Waals surface area (Å²) in [5.74, 6) is 1.51. The summed E-state index contributed by atoms with van der Waals surface area (Å²) in [6, 6.07) is 7.81. The van der Waals surface area contributed by atoms with Crippen LogP contribution in [0.3, 0.4) is 0 Å². The van der Waals surface area contributed by atoms with Gasteiger partial charge in [0.05, 0.1) is 12.4 Å². The summed E-state index contributed by atoms with van der Waals surface area (Å²) in [6.07, 6.45) is 1.03. The van der Waals surface area contributed by atoms with Crippen LogP contribution < -0.4 is 10.5 Å². The number of carbonyl (C=O) groups is 1. The number of thioether (sulfide) groups is 1. The van der Waals surface area contributed by atoms with E-state index >= 15 is 0 Å². The van der Waals surface area contributed by atoms with Crippen LogP contribution >= 0.6 is 24.2 Å². The Morgan fingerprint density at radius 3 is 2.67 bits per heavy atom. The van der Waals surface area contributed by atoms with Crippen molar-refractivity contribution in [3.63, 3.8) is 0 Å². The number of ether oxygens (including phenoxy) is 1. The van der Waals surface area contributed by atoms with Crippen LogP contribution in [0, 0.1) is 5.92 Å². The molecule has 2 unspecified atom stereocenters. The van der Waals surface area contributed by atoms with Crippen LogP contribution in [0.1, 0.15) is 13.3 Å². The molecule has 1 aliphatic heterocycles. The molecule has 2 atom stereocenters. The zero-order chi connectivity index (χ0) is 14.5. The lowest BCUT2D eigenvalue weighted by Crippen LogP contribution is -2.35. The molecule has 1 heterocycles. The maximum Gasteiger partial charge on any atom is 0.235 e. The first kappa shape index (κ1) is 18.1. The molecule has 1 fully saturated rings. The minimum Gasteiger partial charge on any atom is -0.497 e. The maximum absolute atomic E-state index is 12.4. The van der Waals surface area contributed by atoms with Gasteiger partial charge in [-0.25, -0.2) is 0 Å². The van der Waals surface area contributed by atoms with Crippen molar-refractivity contribution in [3.05, 3.63) is 24.3 Å². The van der Waals surface area contributed by atoms with E-state index in [2.05, 4.69) is 0 Å². The zero-order valence-electron chi connectivity index (χ0n) is 12.5. The molecule has 2 rings (SSSR count). The maximum atomic E-state index is 12.4. The predicted octanol–water partition coefficient (Wildman–Crippen LogP) is 2.40. The van der Waals surface area contributed by atoms with Gasteiger partial charge in [0.1, 0.15) is 5.75 Å². The number of amides is 1. The van der Waals surface area contributed by atoms with Crippen molar-refractivity contribution in [3.8, 4) is 5.75 Å². The molecule has 21 heavy (non-hydrogen) atoms. The Morgan fingerprint density at radius 1 is 1.48 bits per heavy atom. The second kappa shape index (κ2) is 8.51. The summed E-state index contributed by atoms with van der Waals surface area (Å²) in [4.78, 5) is 15.4.